The lowest BCUT2D eigenvalue weighted by molar-refractivity contribution is 0.0962. The second-order valence-corrected chi connectivity index (χ2v) is 5.94. The van der Waals surface area contributed by atoms with Gasteiger partial charge in [-0.1, -0.05) is 44.2 Å². The summed E-state index contributed by atoms with van der Waals surface area (Å²) >= 11 is 0. The number of carbonyl (C=O) groups excluding carboxylic acids is 1. The van der Waals surface area contributed by atoms with Gasteiger partial charge in [0, 0.05) is 25.1 Å². The smallest absolute Gasteiger partial charge is 0.306 e. The molecule has 1 rings (SSSR count). The van der Waals surface area contributed by atoms with Crippen LogP contribution in [0.1, 0.15) is 30.6 Å². The van der Waals surface area contributed by atoms with Gasteiger partial charge in [-0.15, -0.1) is 0 Å². The van der Waals surface area contributed by atoms with Gasteiger partial charge in [0.05, 0.1) is 6.61 Å². The van der Waals surface area contributed by atoms with E-state index in [0.717, 1.165) is 0 Å². The second kappa shape index (κ2) is 8.23. The molecule has 0 unspecified atom stereocenters. The van der Waals surface area contributed by atoms with Crippen LogP contribution in [0.3, 0.4) is 0 Å². The summed E-state index contributed by atoms with van der Waals surface area (Å²) in [7, 11) is -3.02. The van der Waals surface area contributed by atoms with Gasteiger partial charge in [0.15, 0.2) is 5.78 Å². The Hall–Kier alpha value is -1.00. The fourth-order valence-electron chi connectivity index (χ4n) is 1.60. The van der Waals surface area contributed by atoms with Crippen molar-refractivity contribution in [2.75, 3.05) is 19.7 Å². The molecule has 5 nitrogen and oxygen atoms in total. The van der Waals surface area contributed by atoms with Crippen molar-refractivity contribution >= 4 is 13.5 Å². The molecule has 1 aromatic carbocycles. The minimum absolute atomic E-state index is 0.0138. The largest absolute Gasteiger partial charge is 0.340 e. The van der Waals surface area contributed by atoms with Crippen LogP contribution in [0, 0.1) is 0 Å². The lowest BCUT2D eigenvalue weighted by Crippen LogP contribution is -2.24. The van der Waals surface area contributed by atoms with Gasteiger partial charge in [-0.2, -0.15) is 0 Å². The van der Waals surface area contributed by atoms with Crippen molar-refractivity contribution < 1.29 is 13.9 Å². The normalized spacial score (nSPS) is 11.5. The van der Waals surface area contributed by atoms with Gasteiger partial charge >= 0.3 is 7.67 Å². The van der Waals surface area contributed by atoms with Gasteiger partial charge in [-0.25, -0.2) is 10.2 Å². The topological polar surface area (TPSA) is 67.4 Å². The van der Waals surface area contributed by atoms with Crippen LogP contribution in [0.5, 0.6) is 0 Å². The molecule has 0 saturated heterocycles. The Labute approximate surface area is 114 Å². The van der Waals surface area contributed by atoms with E-state index in [4.69, 9.17) is 4.52 Å². The number of ketones is 1. The number of carbonyl (C=O) groups is 1. The maximum Gasteiger partial charge on any atom is 0.340 e. The van der Waals surface area contributed by atoms with E-state index in [2.05, 4.69) is 10.2 Å². The van der Waals surface area contributed by atoms with Crippen LogP contribution >= 0.6 is 7.67 Å². The van der Waals surface area contributed by atoms with Crippen LogP contribution in [-0.4, -0.2) is 25.5 Å². The summed E-state index contributed by atoms with van der Waals surface area (Å²) in [6.07, 6.45) is 0.213. The highest BCUT2D eigenvalue weighted by atomic mass is 31.2. The standard InChI is InChI=1S/C13H21N2O3P/c1-3-14-19(17,15-4-2)18-11-10-13(16)12-8-6-5-7-9-12/h5-9H,3-4,10-11H2,1-2H3,(H2,14,15,17). The molecule has 0 spiro atoms. The molecule has 19 heavy (non-hydrogen) atoms. The minimum Gasteiger partial charge on any atom is -0.306 e. The average Bonchev–Trinajstić information content (AvgIpc) is 2.40. The van der Waals surface area contributed by atoms with E-state index in [1.165, 1.54) is 0 Å². The van der Waals surface area contributed by atoms with Crippen LogP contribution in [0.2, 0.25) is 0 Å². The third-order valence-corrected chi connectivity index (χ3v) is 4.44. The molecule has 0 aliphatic carbocycles. The van der Waals surface area contributed by atoms with Crippen molar-refractivity contribution in [3.63, 3.8) is 0 Å². The van der Waals surface area contributed by atoms with Gasteiger partial charge in [0.25, 0.3) is 0 Å². The number of Topliss-reactive ketones (excluding diaryl/α,β-unsaturated/α-hetero) is 1. The highest BCUT2D eigenvalue weighted by molar-refractivity contribution is 7.54. The molecule has 0 amide bonds. The summed E-state index contributed by atoms with van der Waals surface area (Å²) in [6.45, 7) is 4.91. The van der Waals surface area contributed by atoms with Crippen LogP contribution < -0.4 is 10.2 Å². The van der Waals surface area contributed by atoms with E-state index >= 15 is 0 Å². The molecular formula is C13H21N2O3P. The lowest BCUT2D eigenvalue weighted by Gasteiger charge is -2.18. The first-order valence-corrected chi connectivity index (χ1v) is 8.07. The summed E-state index contributed by atoms with van der Waals surface area (Å²) < 4.78 is 17.5. The van der Waals surface area contributed by atoms with Crippen molar-refractivity contribution in [1.82, 2.24) is 10.2 Å². The second-order valence-electron chi connectivity index (χ2n) is 3.95. The van der Waals surface area contributed by atoms with E-state index in [-0.39, 0.29) is 18.8 Å². The highest BCUT2D eigenvalue weighted by Gasteiger charge is 2.20. The maximum atomic E-state index is 12.2. The Morgan fingerprint density at radius 3 is 2.26 bits per heavy atom. The third kappa shape index (κ3) is 5.66. The van der Waals surface area contributed by atoms with Crippen LogP contribution in [-0.2, 0) is 9.09 Å². The predicted molar refractivity (Wildman–Crippen MR) is 76.3 cm³/mol. The zero-order valence-electron chi connectivity index (χ0n) is 11.4. The summed E-state index contributed by atoms with van der Waals surface area (Å²) in [4.78, 5) is 11.8. The molecule has 2 N–H and O–H groups in total. The quantitative estimate of drug-likeness (QED) is 0.539. The van der Waals surface area contributed by atoms with Crippen molar-refractivity contribution in [3.8, 4) is 0 Å². The van der Waals surface area contributed by atoms with E-state index in [1.54, 1.807) is 12.1 Å². The molecule has 0 fully saturated rings. The van der Waals surface area contributed by atoms with E-state index in [0.29, 0.717) is 18.7 Å². The van der Waals surface area contributed by atoms with Crippen molar-refractivity contribution in [2.24, 2.45) is 0 Å². The SMILES string of the molecule is CCNP(=O)(NCC)OCCC(=O)c1ccccc1. The lowest BCUT2D eigenvalue weighted by atomic mass is 10.1. The Morgan fingerprint density at radius 2 is 1.74 bits per heavy atom. The predicted octanol–water partition coefficient (Wildman–Crippen LogP) is 2.60. The average molecular weight is 284 g/mol. The van der Waals surface area contributed by atoms with E-state index < -0.39 is 7.67 Å². The molecule has 0 bridgehead atoms. The molecule has 106 valence electrons. The monoisotopic (exact) mass is 284 g/mol. The first-order valence-electron chi connectivity index (χ1n) is 6.44. The molecule has 0 aliphatic heterocycles. The Bertz CT molecular complexity index is 427. The van der Waals surface area contributed by atoms with Gasteiger partial charge in [-0.05, 0) is 0 Å². The van der Waals surface area contributed by atoms with E-state index in [9.17, 15) is 9.36 Å². The fourth-order valence-corrected chi connectivity index (χ4v) is 3.07. The third-order valence-electron chi connectivity index (χ3n) is 2.43. The van der Waals surface area contributed by atoms with Gasteiger partial charge in [0.1, 0.15) is 0 Å². The molecule has 0 radical (unpaired) electrons. The van der Waals surface area contributed by atoms with Crippen molar-refractivity contribution in [1.29, 1.82) is 0 Å². The summed E-state index contributed by atoms with van der Waals surface area (Å²) in [6, 6.07) is 9.01. The molecule has 1 aromatic rings. The maximum absolute atomic E-state index is 12.2. The minimum atomic E-state index is -3.02. The van der Waals surface area contributed by atoms with Crippen LogP contribution in [0.4, 0.5) is 0 Å². The number of nitrogens with one attached hydrogen (secondary N) is 2. The van der Waals surface area contributed by atoms with Gasteiger partial charge < -0.3 is 4.52 Å². The Kier molecular flexibility index (Phi) is 6.95. The molecule has 0 atom stereocenters. The number of hydrogen-bond acceptors (Lipinski definition) is 3. The van der Waals surface area contributed by atoms with Crippen LogP contribution in [0.15, 0.2) is 30.3 Å². The van der Waals surface area contributed by atoms with Gasteiger partial charge in [0.2, 0.25) is 0 Å². The zero-order chi connectivity index (χ0) is 14.1. The highest BCUT2D eigenvalue weighted by Crippen LogP contribution is 2.36. The van der Waals surface area contributed by atoms with E-state index in [1.807, 2.05) is 32.0 Å². The first kappa shape index (κ1) is 16.1. The fraction of sp³-hybridized carbons (Fsp3) is 0.462. The Balaban J connectivity index is 2.44. The molecule has 0 aliphatic rings. The Morgan fingerprint density at radius 1 is 1.16 bits per heavy atom. The summed E-state index contributed by atoms with van der Waals surface area (Å²) in [5.74, 6) is -0.0138. The van der Waals surface area contributed by atoms with Crippen molar-refractivity contribution in [2.45, 2.75) is 20.3 Å². The molecule has 6 heteroatoms. The van der Waals surface area contributed by atoms with Gasteiger partial charge in [-0.3, -0.25) is 9.36 Å². The number of benzene rings is 1. The molecule has 0 aromatic heterocycles. The first-order chi connectivity index (χ1) is 9.11. The summed E-state index contributed by atoms with van der Waals surface area (Å²) in [5.41, 5.74) is 0.646. The molecular weight excluding hydrogens is 263 g/mol. The molecule has 0 heterocycles. The van der Waals surface area contributed by atoms with Crippen molar-refractivity contribution in [3.05, 3.63) is 35.9 Å². The number of hydrogen-bond donors (Lipinski definition) is 2. The zero-order valence-corrected chi connectivity index (χ0v) is 12.3. The number of rotatable bonds is 9. The molecule has 0 saturated carbocycles. The summed E-state index contributed by atoms with van der Waals surface area (Å²) in [5, 5.41) is 5.57. The van der Waals surface area contributed by atoms with Crippen LogP contribution in [0.25, 0.3) is 0 Å².